The summed E-state index contributed by atoms with van der Waals surface area (Å²) in [6.07, 6.45) is 3.66. The standard InChI is InChI=1S/C19H20O6S/c20-18(6-12-4-5-26(22,23)11-12)24-10-15-9-19(21)25-17-8-14-3-1-2-13(14)7-16(15)17/h7-9,12H,1-6,10-11H2. The second-order valence-electron chi connectivity index (χ2n) is 7.20. The Kier molecular flexibility index (Phi) is 4.34. The van der Waals surface area contributed by atoms with Crippen molar-refractivity contribution < 1.29 is 22.4 Å². The van der Waals surface area contributed by atoms with Crippen molar-refractivity contribution >= 4 is 26.8 Å². The van der Waals surface area contributed by atoms with Crippen LogP contribution in [0.15, 0.2) is 27.4 Å². The third-order valence-electron chi connectivity index (χ3n) is 5.21. The Balaban J connectivity index is 1.50. The minimum absolute atomic E-state index is 0.0147. The van der Waals surface area contributed by atoms with E-state index < -0.39 is 21.4 Å². The number of sulfone groups is 1. The molecule has 138 valence electrons. The Morgan fingerprint density at radius 3 is 2.69 bits per heavy atom. The molecular weight excluding hydrogens is 356 g/mol. The zero-order chi connectivity index (χ0) is 18.3. The monoisotopic (exact) mass is 376 g/mol. The Bertz CT molecular complexity index is 1030. The van der Waals surface area contributed by atoms with E-state index in [0.29, 0.717) is 17.6 Å². The number of rotatable bonds is 4. The molecule has 4 rings (SSSR count). The van der Waals surface area contributed by atoms with Gasteiger partial charge in [-0.2, -0.15) is 0 Å². The smallest absolute Gasteiger partial charge is 0.336 e. The van der Waals surface area contributed by atoms with Crippen LogP contribution in [-0.4, -0.2) is 25.9 Å². The zero-order valence-electron chi connectivity index (χ0n) is 14.3. The number of fused-ring (bicyclic) bond motifs is 2. The predicted molar refractivity (Wildman–Crippen MR) is 95.7 cm³/mol. The number of benzene rings is 1. The van der Waals surface area contributed by atoms with Gasteiger partial charge in [0, 0.05) is 23.4 Å². The van der Waals surface area contributed by atoms with E-state index in [4.69, 9.17) is 9.15 Å². The minimum atomic E-state index is -3.01. The number of carbonyl (C=O) groups is 1. The van der Waals surface area contributed by atoms with Crippen LogP contribution in [-0.2, 0) is 38.8 Å². The van der Waals surface area contributed by atoms with Gasteiger partial charge in [-0.25, -0.2) is 13.2 Å². The maximum atomic E-state index is 12.1. The summed E-state index contributed by atoms with van der Waals surface area (Å²) in [5.74, 6) is -0.421. The van der Waals surface area contributed by atoms with E-state index >= 15 is 0 Å². The van der Waals surface area contributed by atoms with Crippen LogP contribution in [0.3, 0.4) is 0 Å². The molecule has 1 fully saturated rings. The Morgan fingerprint density at radius 1 is 1.19 bits per heavy atom. The number of aryl methyl sites for hydroxylation is 2. The van der Waals surface area contributed by atoms with Crippen molar-refractivity contribution in [1.29, 1.82) is 0 Å². The third kappa shape index (κ3) is 3.53. The lowest BCUT2D eigenvalue weighted by atomic mass is 10.0. The van der Waals surface area contributed by atoms with E-state index in [1.165, 1.54) is 17.2 Å². The molecule has 2 heterocycles. The fourth-order valence-corrected chi connectivity index (χ4v) is 5.76. The van der Waals surface area contributed by atoms with E-state index in [1.54, 1.807) is 0 Å². The average molecular weight is 376 g/mol. The van der Waals surface area contributed by atoms with Gasteiger partial charge in [-0.15, -0.1) is 0 Å². The second-order valence-corrected chi connectivity index (χ2v) is 9.42. The average Bonchev–Trinajstić information content (AvgIpc) is 3.16. The van der Waals surface area contributed by atoms with E-state index in [9.17, 15) is 18.0 Å². The molecule has 0 amide bonds. The molecule has 1 aromatic carbocycles. The predicted octanol–water partition coefficient (Wildman–Crippen LogP) is 2.15. The van der Waals surface area contributed by atoms with Crippen molar-refractivity contribution in [2.24, 2.45) is 5.92 Å². The van der Waals surface area contributed by atoms with E-state index in [2.05, 4.69) is 0 Å². The topological polar surface area (TPSA) is 90.6 Å². The first-order valence-electron chi connectivity index (χ1n) is 8.84. The summed E-state index contributed by atoms with van der Waals surface area (Å²) in [6.45, 7) is -0.0147. The summed E-state index contributed by atoms with van der Waals surface area (Å²) >= 11 is 0. The fourth-order valence-electron chi connectivity index (χ4n) is 3.90. The summed E-state index contributed by atoms with van der Waals surface area (Å²) in [6, 6.07) is 5.29. The molecule has 6 nitrogen and oxygen atoms in total. The van der Waals surface area contributed by atoms with E-state index in [0.717, 1.165) is 24.6 Å². The molecule has 0 N–H and O–H groups in total. The van der Waals surface area contributed by atoms with Crippen LogP contribution in [0, 0.1) is 5.92 Å². The molecule has 1 unspecified atom stereocenters. The summed E-state index contributed by atoms with van der Waals surface area (Å²) < 4.78 is 33.6. The third-order valence-corrected chi connectivity index (χ3v) is 7.05. The highest BCUT2D eigenvalue weighted by molar-refractivity contribution is 7.91. The van der Waals surface area contributed by atoms with Crippen molar-refractivity contribution in [3.05, 3.63) is 45.3 Å². The van der Waals surface area contributed by atoms with Gasteiger partial charge in [-0.1, -0.05) is 0 Å². The molecule has 1 saturated heterocycles. The van der Waals surface area contributed by atoms with Gasteiger partial charge in [0.25, 0.3) is 0 Å². The SMILES string of the molecule is O=C(CC1CCS(=O)(=O)C1)OCc1cc(=O)oc2cc3c(cc12)CCC3. The quantitative estimate of drug-likeness (QED) is 0.600. The number of ether oxygens (including phenoxy) is 1. The largest absolute Gasteiger partial charge is 0.461 e. The van der Waals surface area contributed by atoms with Crippen LogP contribution in [0.25, 0.3) is 11.0 Å². The molecule has 1 atom stereocenters. The van der Waals surface area contributed by atoms with Gasteiger partial charge >= 0.3 is 11.6 Å². The summed E-state index contributed by atoms with van der Waals surface area (Å²) in [5.41, 5.74) is 3.13. The lowest BCUT2D eigenvalue weighted by Crippen LogP contribution is -2.13. The van der Waals surface area contributed by atoms with E-state index in [-0.39, 0.29) is 30.5 Å². The van der Waals surface area contributed by atoms with Gasteiger partial charge in [-0.3, -0.25) is 4.79 Å². The van der Waals surface area contributed by atoms with Crippen LogP contribution in [0.2, 0.25) is 0 Å². The van der Waals surface area contributed by atoms with Crippen LogP contribution < -0.4 is 5.63 Å². The van der Waals surface area contributed by atoms with Gasteiger partial charge in [0.15, 0.2) is 9.84 Å². The summed E-state index contributed by atoms with van der Waals surface area (Å²) in [7, 11) is -3.01. The van der Waals surface area contributed by atoms with Crippen LogP contribution in [0.5, 0.6) is 0 Å². The highest BCUT2D eigenvalue weighted by atomic mass is 32.2. The summed E-state index contributed by atoms with van der Waals surface area (Å²) in [4.78, 5) is 23.9. The minimum Gasteiger partial charge on any atom is -0.461 e. The lowest BCUT2D eigenvalue weighted by Gasteiger charge is -2.10. The van der Waals surface area contributed by atoms with Gasteiger partial charge in [0.05, 0.1) is 11.5 Å². The zero-order valence-corrected chi connectivity index (χ0v) is 15.1. The molecule has 2 aromatic rings. The normalized spacial score (nSPS) is 21.0. The Labute approximate surface area is 151 Å². The number of hydrogen-bond acceptors (Lipinski definition) is 6. The maximum Gasteiger partial charge on any atom is 0.336 e. The van der Waals surface area contributed by atoms with E-state index in [1.807, 2.05) is 12.1 Å². The van der Waals surface area contributed by atoms with Crippen molar-refractivity contribution in [1.82, 2.24) is 0 Å². The van der Waals surface area contributed by atoms with Crippen LogP contribution >= 0.6 is 0 Å². The van der Waals surface area contributed by atoms with Gasteiger partial charge in [0.2, 0.25) is 0 Å². The first kappa shape index (κ1) is 17.3. The Hall–Kier alpha value is -2.15. The number of carbonyl (C=O) groups excluding carboxylic acids is 1. The van der Waals surface area contributed by atoms with Gasteiger partial charge < -0.3 is 9.15 Å². The van der Waals surface area contributed by atoms with Crippen molar-refractivity contribution in [2.75, 3.05) is 11.5 Å². The molecule has 1 aromatic heterocycles. The fraction of sp³-hybridized carbons (Fsp3) is 0.474. The molecular formula is C19H20O6S. The molecule has 0 radical (unpaired) electrons. The molecule has 1 aliphatic carbocycles. The van der Waals surface area contributed by atoms with Gasteiger partial charge in [0.1, 0.15) is 12.2 Å². The highest BCUT2D eigenvalue weighted by Gasteiger charge is 2.30. The van der Waals surface area contributed by atoms with Crippen LogP contribution in [0.1, 0.15) is 36.0 Å². The molecule has 0 saturated carbocycles. The molecule has 7 heteroatoms. The van der Waals surface area contributed by atoms with Crippen molar-refractivity contribution in [3.8, 4) is 0 Å². The molecule has 0 bridgehead atoms. The molecule has 2 aliphatic rings. The molecule has 0 spiro atoms. The Morgan fingerprint density at radius 2 is 1.96 bits per heavy atom. The summed E-state index contributed by atoms with van der Waals surface area (Å²) in [5, 5.41) is 0.793. The number of hydrogen-bond donors (Lipinski definition) is 0. The van der Waals surface area contributed by atoms with Crippen LogP contribution in [0.4, 0.5) is 0 Å². The highest BCUT2D eigenvalue weighted by Crippen LogP contribution is 2.29. The molecule has 26 heavy (non-hydrogen) atoms. The van der Waals surface area contributed by atoms with Gasteiger partial charge in [-0.05, 0) is 54.9 Å². The van der Waals surface area contributed by atoms with Crippen molar-refractivity contribution in [2.45, 2.75) is 38.7 Å². The maximum absolute atomic E-state index is 12.1. The van der Waals surface area contributed by atoms with Crippen molar-refractivity contribution in [3.63, 3.8) is 0 Å². The lowest BCUT2D eigenvalue weighted by molar-refractivity contribution is -0.145. The molecule has 1 aliphatic heterocycles. The number of esters is 1. The first-order chi connectivity index (χ1) is 12.4. The first-order valence-corrected chi connectivity index (χ1v) is 10.7. The second kappa shape index (κ2) is 6.54.